The molecule has 0 atom stereocenters. The first-order valence-electron chi connectivity index (χ1n) is 3.36. The first-order chi connectivity index (χ1) is 5.62. The van der Waals surface area contributed by atoms with Gasteiger partial charge < -0.3 is 20.6 Å². The van der Waals surface area contributed by atoms with Crippen molar-refractivity contribution in [2.45, 2.75) is 6.10 Å². The van der Waals surface area contributed by atoms with Crippen LogP contribution >= 0.6 is 0 Å². The Bertz CT molecular complexity index is 123. The molecule has 0 fully saturated rings. The van der Waals surface area contributed by atoms with E-state index in [-0.39, 0.29) is 19.1 Å². The van der Waals surface area contributed by atoms with Crippen molar-refractivity contribution in [3.05, 3.63) is 12.7 Å². The second-order valence-electron chi connectivity index (χ2n) is 1.84. The molecule has 1 amide bonds. The minimum atomic E-state index is -0.954. The van der Waals surface area contributed by atoms with Gasteiger partial charge in [0.05, 0.1) is 13.2 Å². The normalized spacial score (nSPS) is 8.42. The van der Waals surface area contributed by atoms with Crippen LogP contribution in [0, 0.1) is 0 Å². The Labute approximate surface area is 71.3 Å². The summed E-state index contributed by atoms with van der Waals surface area (Å²) in [6.07, 6.45) is 0.269. The summed E-state index contributed by atoms with van der Waals surface area (Å²) >= 11 is 0. The highest BCUT2D eigenvalue weighted by Gasteiger charge is 1.93. The molecule has 0 aliphatic heterocycles. The number of aliphatic hydroxyl groups excluding tert-OH is 3. The molecule has 0 spiro atoms. The van der Waals surface area contributed by atoms with E-state index in [4.69, 9.17) is 15.3 Å². The van der Waals surface area contributed by atoms with Crippen molar-refractivity contribution >= 4 is 5.91 Å². The van der Waals surface area contributed by atoms with Gasteiger partial charge in [0, 0.05) is 7.05 Å². The third-order valence-corrected chi connectivity index (χ3v) is 0.853. The van der Waals surface area contributed by atoms with E-state index in [0.29, 0.717) is 0 Å². The zero-order valence-electron chi connectivity index (χ0n) is 7.03. The van der Waals surface area contributed by atoms with E-state index in [1.165, 1.54) is 6.08 Å². The number of amides is 1. The molecule has 4 N–H and O–H groups in total. The average molecular weight is 177 g/mol. The third-order valence-electron chi connectivity index (χ3n) is 0.853. The van der Waals surface area contributed by atoms with Crippen LogP contribution in [0.4, 0.5) is 0 Å². The first-order valence-corrected chi connectivity index (χ1v) is 3.36. The number of rotatable bonds is 3. The van der Waals surface area contributed by atoms with Crippen molar-refractivity contribution in [3.8, 4) is 0 Å². The number of carbonyl (C=O) groups is 1. The summed E-state index contributed by atoms with van der Waals surface area (Å²) in [5.41, 5.74) is 0. The minimum Gasteiger partial charge on any atom is -0.394 e. The van der Waals surface area contributed by atoms with Crippen LogP contribution in [-0.4, -0.2) is 47.6 Å². The lowest BCUT2D eigenvalue weighted by Crippen LogP contribution is -2.15. The van der Waals surface area contributed by atoms with E-state index >= 15 is 0 Å². The molecule has 0 aliphatic rings. The Morgan fingerprint density at radius 1 is 1.58 bits per heavy atom. The quantitative estimate of drug-likeness (QED) is 0.385. The van der Waals surface area contributed by atoms with Crippen molar-refractivity contribution in [1.82, 2.24) is 5.32 Å². The van der Waals surface area contributed by atoms with Crippen LogP contribution in [0.1, 0.15) is 0 Å². The maximum absolute atomic E-state index is 9.95. The zero-order chi connectivity index (χ0) is 9.98. The van der Waals surface area contributed by atoms with Gasteiger partial charge in [0.2, 0.25) is 5.91 Å². The topological polar surface area (TPSA) is 89.8 Å². The van der Waals surface area contributed by atoms with Crippen molar-refractivity contribution in [3.63, 3.8) is 0 Å². The summed E-state index contributed by atoms with van der Waals surface area (Å²) in [4.78, 5) is 9.95. The molecule has 0 aliphatic carbocycles. The van der Waals surface area contributed by atoms with Gasteiger partial charge in [-0.05, 0) is 6.08 Å². The summed E-state index contributed by atoms with van der Waals surface area (Å²) in [5, 5.41) is 26.4. The molecule has 0 saturated carbocycles. The Morgan fingerprint density at radius 2 is 2.00 bits per heavy atom. The highest BCUT2D eigenvalue weighted by atomic mass is 16.3. The van der Waals surface area contributed by atoms with E-state index < -0.39 is 6.10 Å². The monoisotopic (exact) mass is 177 g/mol. The van der Waals surface area contributed by atoms with E-state index in [0.717, 1.165) is 0 Å². The fourth-order valence-electron chi connectivity index (χ4n) is 0.160. The maximum atomic E-state index is 9.95. The Morgan fingerprint density at radius 3 is 2.00 bits per heavy atom. The van der Waals surface area contributed by atoms with Crippen LogP contribution in [-0.2, 0) is 4.79 Å². The molecule has 5 nitrogen and oxygen atoms in total. The first kappa shape index (κ1) is 13.7. The molecule has 0 aromatic rings. The summed E-state index contributed by atoms with van der Waals surface area (Å²) < 4.78 is 0. The Kier molecular flexibility index (Phi) is 11.5. The molecule has 0 bridgehead atoms. The molecule has 0 saturated heterocycles. The lowest BCUT2D eigenvalue weighted by Gasteiger charge is -1.96. The number of hydrogen-bond donors (Lipinski definition) is 4. The molecule has 0 heterocycles. The Balaban J connectivity index is 0. The molecule has 0 aromatic heterocycles. The SMILES string of the molecule is C=CC(=O)NC.OCC(O)CO. The van der Waals surface area contributed by atoms with Gasteiger partial charge in [-0.2, -0.15) is 0 Å². The summed E-state index contributed by atoms with van der Waals surface area (Å²) in [6, 6.07) is 0. The number of hydrogen-bond acceptors (Lipinski definition) is 4. The summed E-state index contributed by atoms with van der Waals surface area (Å²) in [5.74, 6) is -0.144. The molecule has 5 heteroatoms. The van der Waals surface area contributed by atoms with Gasteiger partial charge in [-0.25, -0.2) is 0 Å². The van der Waals surface area contributed by atoms with Gasteiger partial charge in [-0.15, -0.1) is 0 Å². The van der Waals surface area contributed by atoms with Crippen LogP contribution in [0.15, 0.2) is 12.7 Å². The predicted octanol–water partition coefficient (Wildman–Crippen LogP) is -1.75. The van der Waals surface area contributed by atoms with Crippen LogP contribution in [0.5, 0.6) is 0 Å². The van der Waals surface area contributed by atoms with Crippen molar-refractivity contribution < 1.29 is 20.1 Å². The molecular formula is C7H15NO4. The van der Waals surface area contributed by atoms with E-state index in [9.17, 15) is 4.79 Å². The highest BCUT2D eigenvalue weighted by molar-refractivity contribution is 5.86. The fourth-order valence-corrected chi connectivity index (χ4v) is 0.160. The average Bonchev–Trinajstić information content (AvgIpc) is 2.16. The summed E-state index contributed by atoms with van der Waals surface area (Å²) in [7, 11) is 1.56. The lowest BCUT2D eigenvalue weighted by molar-refractivity contribution is -0.116. The van der Waals surface area contributed by atoms with Crippen molar-refractivity contribution in [1.29, 1.82) is 0 Å². The van der Waals surface area contributed by atoms with Crippen LogP contribution in [0.3, 0.4) is 0 Å². The van der Waals surface area contributed by atoms with Gasteiger partial charge in [-0.1, -0.05) is 6.58 Å². The third kappa shape index (κ3) is 11.8. The molecule has 72 valence electrons. The number of likely N-dealkylation sites (N-methyl/N-ethyl adjacent to an activating group) is 1. The predicted molar refractivity (Wildman–Crippen MR) is 44.4 cm³/mol. The van der Waals surface area contributed by atoms with Crippen molar-refractivity contribution in [2.24, 2.45) is 0 Å². The van der Waals surface area contributed by atoms with Crippen LogP contribution in [0.2, 0.25) is 0 Å². The van der Waals surface area contributed by atoms with Gasteiger partial charge in [-0.3, -0.25) is 4.79 Å². The van der Waals surface area contributed by atoms with Gasteiger partial charge >= 0.3 is 0 Å². The molecule has 0 radical (unpaired) electrons. The molecule has 0 unspecified atom stereocenters. The largest absolute Gasteiger partial charge is 0.394 e. The lowest BCUT2D eigenvalue weighted by atomic mass is 10.4. The second kappa shape index (κ2) is 10.1. The summed E-state index contributed by atoms with van der Waals surface area (Å²) in [6.45, 7) is 2.49. The molecule has 0 aromatic carbocycles. The standard InChI is InChI=1S/C4H7NO.C3H8O3/c1-3-4(6)5-2;4-1-3(6)2-5/h3H,1H2,2H3,(H,5,6);3-6H,1-2H2. The second-order valence-corrected chi connectivity index (χ2v) is 1.84. The van der Waals surface area contributed by atoms with Gasteiger partial charge in [0.25, 0.3) is 0 Å². The number of aliphatic hydroxyl groups is 3. The van der Waals surface area contributed by atoms with Crippen LogP contribution in [0.25, 0.3) is 0 Å². The number of nitrogens with one attached hydrogen (secondary N) is 1. The van der Waals surface area contributed by atoms with Gasteiger partial charge in [0.1, 0.15) is 6.10 Å². The maximum Gasteiger partial charge on any atom is 0.243 e. The molecular weight excluding hydrogens is 162 g/mol. The van der Waals surface area contributed by atoms with Gasteiger partial charge in [0.15, 0.2) is 0 Å². The molecule has 12 heavy (non-hydrogen) atoms. The van der Waals surface area contributed by atoms with Crippen molar-refractivity contribution in [2.75, 3.05) is 20.3 Å². The van der Waals surface area contributed by atoms with E-state index in [1.54, 1.807) is 7.05 Å². The Hall–Kier alpha value is -0.910. The van der Waals surface area contributed by atoms with E-state index in [2.05, 4.69) is 11.9 Å². The highest BCUT2D eigenvalue weighted by Crippen LogP contribution is 1.71. The number of carbonyl (C=O) groups excluding carboxylic acids is 1. The van der Waals surface area contributed by atoms with Crippen LogP contribution < -0.4 is 5.32 Å². The smallest absolute Gasteiger partial charge is 0.243 e. The molecule has 0 rings (SSSR count). The van der Waals surface area contributed by atoms with E-state index in [1.807, 2.05) is 0 Å². The zero-order valence-corrected chi connectivity index (χ0v) is 7.03. The fraction of sp³-hybridized carbons (Fsp3) is 0.571. The minimum absolute atomic E-state index is 0.144.